The average molecular weight is 416 g/mol. The number of hydrogen-bond acceptors (Lipinski definition) is 5. The second-order valence-corrected chi connectivity index (χ2v) is 8.18. The molecule has 0 saturated heterocycles. The van der Waals surface area contributed by atoms with E-state index in [-0.39, 0.29) is 17.5 Å². The third-order valence-electron chi connectivity index (χ3n) is 6.19. The maximum absolute atomic E-state index is 13.2. The van der Waals surface area contributed by atoms with Crippen LogP contribution in [-0.4, -0.2) is 16.2 Å². The van der Waals surface area contributed by atoms with Crippen molar-refractivity contribution in [2.45, 2.75) is 44.6 Å². The smallest absolute Gasteiger partial charge is 0.340 e. The molecule has 0 aliphatic carbocycles. The molecule has 0 saturated carbocycles. The maximum Gasteiger partial charge on any atom is 0.340 e. The molecule has 5 nitrogen and oxygen atoms in total. The number of aryl methyl sites for hydroxylation is 1. The van der Waals surface area contributed by atoms with Crippen molar-refractivity contribution in [2.75, 3.05) is 0 Å². The fourth-order valence-corrected chi connectivity index (χ4v) is 4.77. The number of carbonyl (C=O) groups is 1. The number of hydrogen-bond donors (Lipinski definition) is 2. The highest BCUT2D eigenvalue weighted by Crippen LogP contribution is 2.57. The first-order valence-electron chi connectivity index (χ1n) is 10.7. The van der Waals surface area contributed by atoms with E-state index in [9.17, 15) is 15.0 Å². The fourth-order valence-electron chi connectivity index (χ4n) is 4.77. The van der Waals surface area contributed by atoms with E-state index < -0.39 is 5.60 Å². The Morgan fingerprint density at radius 2 is 1.52 bits per heavy atom. The van der Waals surface area contributed by atoms with Crippen LogP contribution < -0.4 is 4.74 Å². The summed E-state index contributed by atoms with van der Waals surface area (Å²) in [6, 6.07) is 15.5. The lowest BCUT2D eigenvalue weighted by molar-refractivity contribution is 0.0223. The van der Waals surface area contributed by atoms with E-state index >= 15 is 0 Å². The lowest BCUT2D eigenvalue weighted by Gasteiger charge is -2.36. The van der Waals surface area contributed by atoms with Gasteiger partial charge in [0.15, 0.2) is 5.60 Å². The molecule has 2 N–H and O–H groups in total. The second-order valence-electron chi connectivity index (χ2n) is 8.18. The largest absolute Gasteiger partial charge is 0.508 e. The van der Waals surface area contributed by atoms with Crippen molar-refractivity contribution in [3.8, 4) is 23.0 Å². The molecule has 31 heavy (non-hydrogen) atoms. The van der Waals surface area contributed by atoms with Gasteiger partial charge in [0.1, 0.15) is 23.0 Å². The van der Waals surface area contributed by atoms with Crippen molar-refractivity contribution < 1.29 is 24.5 Å². The Bertz CT molecular complexity index is 1130. The minimum absolute atomic E-state index is 0.0479. The first-order chi connectivity index (χ1) is 15.0. The van der Waals surface area contributed by atoms with Gasteiger partial charge in [0.25, 0.3) is 0 Å². The van der Waals surface area contributed by atoms with E-state index in [1.807, 2.05) is 18.2 Å². The van der Waals surface area contributed by atoms with Gasteiger partial charge in [-0.15, -0.1) is 0 Å². The van der Waals surface area contributed by atoms with Gasteiger partial charge in [-0.1, -0.05) is 44.4 Å². The molecule has 0 radical (unpaired) electrons. The van der Waals surface area contributed by atoms with Crippen molar-refractivity contribution in [1.82, 2.24) is 0 Å². The van der Waals surface area contributed by atoms with Gasteiger partial charge < -0.3 is 19.7 Å². The van der Waals surface area contributed by atoms with Gasteiger partial charge in [0, 0.05) is 28.8 Å². The molecule has 5 rings (SSSR count). The highest BCUT2D eigenvalue weighted by atomic mass is 16.6. The molecule has 2 aliphatic rings. The number of unbranched alkanes of at least 4 members (excludes halogenated alkanes) is 3. The quantitative estimate of drug-likeness (QED) is 0.407. The van der Waals surface area contributed by atoms with Gasteiger partial charge in [0.05, 0.1) is 5.56 Å². The van der Waals surface area contributed by atoms with Gasteiger partial charge in [0.2, 0.25) is 0 Å². The highest BCUT2D eigenvalue weighted by molar-refractivity contribution is 5.98. The van der Waals surface area contributed by atoms with Crippen LogP contribution in [0.25, 0.3) is 0 Å². The number of ether oxygens (including phenoxy) is 2. The summed E-state index contributed by atoms with van der Waals surface area (Å²) < 4.78 is 12.2. The number of esters is 1. The minimum atomic E-state index is -1.18. The lowest BCUT2D eigenvalue weighted by atomic mass is 9.77. The fraction of sp³-hybridized carbons (Fsp3) is 0.269. The van der Waals surface area contributed by atoms with E-state index in [0.717, 1.165) is 36.8 Å². The number of phenolic OH excluding ortho intramolecular Hbond substituents is 2. The van der Waals surface area contributed by atoms with Crippen LogP contribution in [0.1, 0.15) is 65.2 Å². The van der Waals surface area contributed by atoms with Gasteiger partial charge >= 0.3 is 5.97 Å². The van der Waals surface area contributed by atoms with Crippen molar-refractivity contribution >= 4 is 5.97 Å². The molecule has 3 aromatic rings. The van der Waals surface area contributed by atoms with E-state index in [1.165, 1.54) is 18.6 Å². The van der Waals surface area contributed by atoms with Gasteiger partial charge in [-0.25, -0.2) is 4.79 Å². The molecule has 158 valence electrons. The summed E-state index contributed by atoms with van der Waals surface area (Å²) in [5.74, 6) is 0.527. The van der Waals surface area contributed by atoms with Crippen LogP contribution in [0.3, 0.4) is 0 Å². The first kappa shape index (κ1) is 19.5. The number of fused-ring (bicyclic) bond motifs is 6. The van der Waals surface area contributed by atoms with Crippen LogP contribution in [-0.2, 0) is 16.8 Å². The summed E-state index contributed by atoms with van der Waals surface area (Å²) in [7, 11) is 0. The molecule has 0 bridgehead atoms. The lowest BCUT2D eigenvalue weighted by Crippen LogP contribution is -2.32. The van der Waals surface area contributed by atoms with Gasteiger partial charge in [-0.3, -0.25) is 0 Å². The summed E-state index contributed by atoms with van der Waals surface area (Å²) in [6.07, 6.45) is 5.29. The normalized spacial score (nSPS) is 15.1. The van der Waals surface area contributed by atoms with Crippen LogP contribution in [0.5, 0.6) is 23.0 Å². The topological polar surface area (TPSA) is 76.0 Å². The van der Waals surface area contributed by atoms with E-state index in [2.05, 4.69) is 6.92 Å². The average Bonchev–Trinajstić information content (AvgIpc) is 3.04. The number of aromatic hydroxyl groups is 2. The molecule has 3 aromatic carbocycles. The predicted molar refractivity (Wildman–Crippen MR) is 116 cm³/mol. The molecular formula is C26H24O5. The molecule has 0 atom stereocenters. The standard InChI is InChI=1S/C26H24O5/c1-2-3-4-5-7-16-8-6-9-21-24(16)25(29)31-26(21)19-12-10-17(27)14-22(19)30-23-15-18(28)11-13-20(23)26/h6,8-15,27-28H,2-5,7H2,1H3. The van der Waals surface area contributed by atoms with Crippen LogP contribution in [0.4, 0.5) is 0 Å². The van der Waals surface area contributed by atoms with Crippen molar-refractivity contribution in [3.63, 3.8) is 0 Å². The number of phenols is 2. The van der Waals surface area contributed by atoms with Crippen LogP contribution in [0, 0.1) is 0 Å². The maximum atomic E-state index is 13.2. The Morgan fingerprint density at radius 1 is 0.839 bits per heavy atom. The summed E-state index contributed by atoms with van der Waals surface area (Å²) in [5, 5.41) is 20.0. The molecule has 2 heterocycles. The van der Waals surface area contributed by atoms with Crippen molar-refractivity contribution in [2.24, 2.45) is 0 Å². The van der Waals surface area contributed by atoms with Crippen molar-refractivity contribution in [3.05, 3.63) is 82.4 Å². The molecule has 0 unspecified atom stereocenters. The third-order valence-corrected chi connectivity index (χ3v) is 6.19. The summed E-state index contributed by atoms with van der Waals surface area (Å²) in [6.45, 7) is 2.18. The van der Waals surface area contributed by atoms with Crippen molar-refractivity contribution in [1.29, 1.82) is 0 Å². The minimum Gasteiger partial charge on any atom is -0.508 e. The van der Waals surface area contributed by atoms with Crippen LogP contribution in [0.15, 0.2) is 54.6 Å². The summed E-state index contributed by atoms with van der Waals surface area (Å²) in [4.78, 5) is 13.2. The van der Waals surface area contributed by atoms with E-state index in [4.69, 9.17) is 9.47 Å². The monoisotopic (exact) mass is 416 g/mol. The zero-order valence-corrected chi connectivity index (χ0v) is 17.4. The molecule has 2 aliphatic heterocycles. The Labute approximate surface area is 180 Å². The molecule has 5 heteroatoms. The summed E-state index contributed by atoms with van der Waals surface area (Å²) in [5.41, 5.74) is 2.49. The number of carbonyl (C=O) groups excluding carboxylic acids is 1. The zero-order valence-electron chi connectivity index (χ0n) is 17.4. The molecular weight excluding hydrogens is 392 g/mol. The molecule has 0 amide bonds. The van der Waals surface area contributed by atoms with Gasteiger partial charge in [-0.05, 0) is 42.7 Å². The second kappa shape index (κ2) is 7.34. The Balaban J connectivity index is 1.71. The number of benzene rings is 3. The Kier molecular flexibility index (Phi) is 4.62. The molecule has 0 fully saturated rings. The molecule has 0 aromatic heterocycles. The first-order valence-corrected chi connectivity index (χ1v) is 10.7. The van der Waals surface area contributed by atoms with Crippen LogP contribution in [0.2, 0.25) is 0 Å². The SMILES string of the molecule is CCCCCCc1cccc2c1C(=O)OC21c2ccc(O)cc2Oc2cc(O)ccc21. The van der Waals surface area contributed by atoms with E-state index in [0.29, 0.717) is 28.2 Å². The number of rotatable bonds is 5. The highest BCUT2D eigenvalue weighted by Gasteiger charge is 2.54. The Morgan fingerprint density at radius 3 is 2.16 bits per heavy atom. The Hall–Kier alpha value is -3.47. The summed E-state index contributed by atoms with van der Waals surface area (Å²) >= 11 is 0. The zero-order chi connectivity index (χ0) is 21.6. The third kappa shape index (κ3) is 2.95. The van der Waals surface area contributed by atoms with E-state index in [1.54, 1.807) is 24.3 Å². The predicted octanol–water partition coefficient (Wildman–Crippen LogP) is 5.79. The molecule has 1 spiro atoms. The van der Waals surface area contributed by atoms with Crippen LogP contribution >= 0.6 is 0 Å². The van der Waals surface area contributed by atoms with Gasteiger partial charge in [-0.2, -0.15) is 0 Å².